The predicted octanol–water partition coefficient (Wildman–Crippen LogP) is 0.965. The van der Waals surface area contributed by atoms with E-state index in [1.807, 2.05) is 0 Å². The molecule has 8 heavy (non-hydrogen) atoms. The fourth-order valence-electron chi connectivity index (χ4n) is 0.133. The Kier molecular flexibility index (Phi) is 4.42. The van der Waals surface area contributed by atoms with Crippen LogP contribution in [0.3, 0.4) is 0 Å². The summed E-state index contributed by atoms with van der Waals surface area (Å²) in [6.07, 6.45) is 1.25. The van der Waals surface area contributed by atoms with Crippen molar-refractivity contribution in [3.63, 3.8) is 0 Å². The highest BCUT2D eigenvalue weighted by atomic mass is 35.5. The number of hydrogen-bond donors (Lipinski definition) is 2. The molecule has 0 bridgehead atoms. The molecule has 0 aliphatic heterocycles. The van der Waals surface area contributed by atoms with Gasteiger partial charge in [-0.15, -0.1) is 0 Å². The van der Waals surface area contributed by atoms with E-state index >= 15 is 0 Å². The van der Waals surface area contributed by atoms with E-state index in [0.29, 0.717) is 0 Å². The van der Waals surface area contributed by atoms with Crippen LogP contribution in [0.2, 0.25) is 0 Å². The SMILES string of the molecule is C=CC(Cl)OP(O)O. The lowest BCUT2D eigenvalue weighted by molar-refractivity contribution is 0.259. The molecule has 3 nitrogen and oxygen atoms in total. The van der Waals surface area contributed by atoms with Crippen molar-refractivity contribution >= 4 is 20.2 Å². The van der Waals surface area contributed by atoms with E-state index in [1.165, 1.54) is 6.08 Å². The molecule has 0 amide bonds. The Balaban J connectivity index is 3.23. The summed E-state index contributed by atoms with van der Waals surface area (Å²) >= 11 is 5.22. The van der Waals surface area contributed by atoms with Gasteiger partial charge in [-0.25, -0.2) is 0 Å². The summed E-state index contributed by atoms with van der Waals surface area (Å²) in [5.74, 6) is 0. The second-order valence-electron chi connectivity index (χ2n) is 0.945. The van der Waals surface area contributed by atoms with E-state index in [2.05, 4.69) is 11.1 Å². The molecule has 0 aromatic rings. The minimum absolute atomic E-state index is 0.809. The average molecular weight is 157 g/mol. The summed E-state index contributed by atoms with van der Waals surface area (Å²) in [5, 5.41) is 0. The van der Waals surface area contributed by atoms with Crippen molar-refractivity contribution in [2.45, 2.75) is 5.56 Å². The highest BCUT2D eigenvalue weighted by molar-refractivity contribution is 7.39. The summed E-state index contributed by atoms with van der Waals surface area (Å²) in [6.45, 7) is 3.24. The second kappa shape index (κ2) is 4.24. The van der Waals surface area contributed by atoms with Crippen molar-refractivity contribution < 1.29 is 14.3 Å². The van der Waals surface area contributed by atoms with Crippen molar-refractivity contribution in [2.24, 2.45) is 0 Å². The summed E-state index contributed by atoms with van der Waals surface area (Å²) in [6, 6.07) is 0. The van der Waals surface area contributed by atoms with Gasteiger partial charge in [-0.2, -0.15) is 0 Å². The fourth-order valence-corrected chi connectivity index (χ4v) is 0.613. The van der Waals surface area contributed by atoms with E-state index in [1.54, 1.807) is 0 Å². The van der Waals surface area contributed by atoms with Gasteiger partial charge in [0.1, 0.15) is 0 Å². The van der Waals surface area contributed by atoms with Crippen molar-refractivity contribution in [1.82, 2.24) is 0 Å². The maximum Gasteiger partial charge on any atom is 0.328 e. The van der Waals surface area contributed by atoms with Crippen LogP contribution in [-0.2, 0) is 4.52 Å². The third kappa shape index (κ3) is 4.50. The molecule has 0 aliphatic rings. The molecule has 0 saturated carbocycles. The van der Waals surface area contributed by atoms with Gasteiger partial charge in [-0.1, -0.05) is 18.2 Å². The van der Waals surface area contributed by atoms with Gasteiger partial charge in [0.25, 0.3) is 0 Å². The minimum Gasteiger partial charge on any atom is -0.328 e. The fraction of sp³-hybridized carbons (Fsp3) is 0.333. The van der Waals surface area contributed by atoms with Crippen LogP contribution < -0.4 is 0 Å². The van der Waals surface area contributed by atoms with Crippen molar-refractivity contribution in [1.29, 1.82) is 0 Å². The van der Waals surface area contributed by atoms with Crippen molar-refractivity contribution in [3.8, 4) is 0 Å². The Bertz CT molecular complexity index is 76.9. The molecule has 5 heteroatoms. The molecule has 0 aromatic heterocycles. The molecule has 0 fully saturated rings. The smallest absolute Gasteiger partial charge is 0.328 e. The van der Waals surface area contributed by atoms with Gasteiger partial charge in [0, 0.05) is 0 Å². The lowest BCUT2D eigenvalue weighted by Crippen LogP contribution is -1.93. The third-order valence-electron chi connectivity index (χ3n) is 0.380. The molecule has 2 N–H and O–H groups in total. The Hall–Kier alpha value is 0.340. The van der Waals surface area contributed by atoms with Gasteiger partial charge >= 0.3 is 8.60 Å². The summed E-state index contributed by atoms with van der Waals surface area (Å²) in [5.41, 5.74) is -0.809. The summed E-state index contributed by atoms with van der Waals surface area (Å²) in [4.78, 5) is 16.2. The molecular formula is C3H6ClO3P. The Morgan fingerprint density at radius 2 is 2.25 bits per heavy atom. The van der Waals surface area contributed by atoms with Crippen molar-refractivity contribution in [3.05, 3.63) is 12.7 Å². The lowest BCUT2D eigenvalue weighted by atomic mass is 10.7. The first-order valence-corrected chi connectivity index (χ1v) is 3.38. The van der Waals surface area contributed by atoms with Gasteiger partial charge in [0.15, 0.2) is 5.56 Å². The zero-order valence-corrected chi connectivity index (χ0v) is 5.64. The highest BCUT2D eigenvalue weighted by Crippen LogP contribution is 2.28. The van der Waals surface area contributed by atoms with E-state index in [9.17, 15) is 0 Å². The maximum absolute atomic E-state index is 8.12. The summed E-state index contributed by atoms with van der Waals surface area (Å²) < 4.78 is 4.22. The molecule has 0 spiro atoms. The molecular weight excluding hydrogens is 150 g/mol. The first-order chi connectivity index (χ1) is 3.66. The quantitative estimate of drug-likeness (QED) is 0.364. The Morgan fingerprint density at radius 1 is 1.75 bits per heavy atom. The largest absolute Gasteiger partial charge is 0.328 e. The molecule has 1 atom stereocenters. The second-order valence-corrected chi connectivity index (χ2v) is 2.09. The topological polar surface area (TPSA) is 49.7 Å². The Labute approximate surface area is 53.5 Å². The number of rotatable bonds is 3. The van der Waals surface area contributed by atoms with Gasteiger partial charge in [-0.05, 0) is 6.08 Å². The van der Waals surface area contributed by atoms with Gasteiger partial charge in [0.2, 0.25) is 0 Å². The number of hydrogen-bond acceptors (Lipinski definition) is 3. The van der Waals surface area contributed by atoms with Crippen LogP contribution in [-0.4, -0.2) is 15.3 Å². The third-order valence-corrected chi connectivity index (χ3v) is 1.19. The average Bonchev–Trinajstić information content (AvgIpc) is 1.65. The standard InChI is InChI=1S/C3H6ClO3P/c1-2-3(4)7-8(5)6/h2-3,5-6H,1H2. The number of halogens is 1. The van der Waals surface area contributed by atoms with Gasteiger partial charge < -0.3 is 9.79 Å². The van der Waals surface area contributed by atoms with E-state index in [0.717, 1.165) is 0 Å². The van der Waals surface area contributed by atoms with E-state index in [-0.39, 0.29) is 0 Å². The van der Waals surface area contributed by atoms with Crippen LogP contribution in [0.5, 0.6) is 0 Å². The predicted molar refractivity (Wildman–Crippen MR) is 32.3 cm³/mol. The van der Waals surface area contributed by atoms with Gasteiger partial charge in [0.05, 0.1) is 0 Å². The first-order valence-electron chi connectivity index (χ1n) is 1.78. The van der Waals surface area contributed by atoms with Crippen LogP contribution in [0.4, 0.5) is 0 Å². The monoisotopic (exact) mass is 156 g/mol. The van der Waals surface area contributed by atoms with Crippen LogP contribution in [0.25, 0.3) is 0 Å². The first kappa shape index (κ1) is 8.34. The van der Waals surface area contributed by atoms with Crippen LogP contribution in [0, 0.1) is 0 Å². The molecule has 0 aliphatic carbocycles. The van der Waals surface area contributed by atoms with Crippen LogP contribution in [0.1, 0.15) is 0 Å². The van der Waals surface area contributed by atoms with Crippen LogP contribution >= 0.6 is 20.2 Å². The summed E-state index contributed by atoms with van der Waals surface area (Å²) in [7, 11) is -2.35. The molecule has 0 heterocycles. The van der Waals surface area contributed by atoms with E-state index in [4.69, 9.17) is 21.4 Å². The normalized spacial score (nSPS) is 14.0. The lowest BCUT2D eigenvalue weighted by Gasteiger charge is -2.03. The molecule has 0 rings (SSSR count). The zero-order valence-electron chi connectivity index (χ0n) is 3.99. The van der Waals surface area contributed by atoms with Crippen molar-refractivity contribution in [2.75, 3.05) is 0 Å². The highest BCUT2D eigenvalue weighted by Gasteiger charge is 2.04. The van der Waals surface area contributed by atoms with Gasteiger partial charge in [-0.3, -0.25) is 4.52 Å². The van der Waals surface area contributed by atoms with E-state index < -0.39 is 14.2 Å². The minimum atomic E-state index is -2.35. The Morgan fingerprint density at radius 3 is 2.38 bits per heavy atom. The molecule has 48 valence electrons. The maximum atomic E-state index is 8.12. The molecule has 0 saturated heterocycles. The van der Waals surface area contributed by atoms with Crippen LogP contribution in [0.15, 0.2) is 12.7 Å². The molecule has 1 unspecified atom stereocenters. The zero-order chi connectivity index (χ0) is 6.57. The number of alkyl halides is 1. The molecule has 0 aromatic carbocycles. The molecule has 0 radical (unpaired) electrons.